The van der Waals surface area contributed by atoms with Gasteiger partial charge in [0.2, 0.25) is 0 Å². The summed E-state index contributed by atoms with van der Waals surface area (Å²) in [6, 6.07) is 11.1. The van der Waals surface area contributed by atoms with Crippen LogP contribution in [-0.4, -0.2) is 34.8 Å². The van der Waals surface area contributed by atoms with Crippen LogP contribution >= 0.6 is 0 Å². The number of amides is 2. The van der Waals surface area contributed by atoms with Crippen LogP contribution in [0.4, 0.5) is 5.69 Å². The van der Waals surface area contributed by atoms with Gasteiger partial charge in [0.05, 0.1) is 22.6 Å². The Morgan fingerprint density at radius 3 is 2.29 bits per heavy atom. The second-order valence-electron chi connectivity index (χ2n) is 5.38. The molecule has 1 aliphatic rings. The zero-order chi connectivity index (χ0) is 17.3. The number of carbonyl (C=O) groups excluding carboxylic acids is 2. The quantitative estimate of drug-likeness (QED) is 0.478. The van der Waals surface area contributed by atoms with E-state index in [1.807, 2.05) is 0 Å². The molecule has 0 unspecified atom stereocenters. The van der Waals surface area contributed by atoms with E-state index in [0.29, 0.717) is 11.1 Å². The monoisotopic (exact) mass is 326 g/mol. The lowest BCUT2D eigenvalue weighted by Gasteiger charge is -2.14. The molecule has 0 radical (unpaired) electrons. The van der Waals surface area contributed by atoms with Crippen molar-refractivity contribution in [2.24, 2.45) is 0 Å². The molecule has 0 aliphatic carbocycles. The van der Waals surface area contributed by atoms with E-state index in [1.54, 1.807) is 43.3 Å². The molecule has 0 saturated carbocycles. The molecule has 24 heavy (non-hydrogen) atoms. The molecular weight excluding hydrogens is 312 g/mol. The molecule has 0 atom stereocenters. The highest BCUT2D eigenvalue weighted by Gasteiger charge is 2.34. The third kappa shape index (κ3) is 2.71. The van der Waals surface area contributed by atoms with Crippen LogP contribution in [0.25, 0.3) is 0 Å². The van der Waals surface area contributed by atoms with Crippen LogP contribution in [0.1, 0.15) is 26.3 Å². The molecule has 3 rings (SSSR count). The van der Waals surface area contributed by atoms with Crippen LogP contribution in [0.3, 0.4) is 0 Å². The van der Waals surface area contributed by atoms with Gasteiger partial charge in [-0.1, -0.05) is 18.2 Å². The maximum absolute atomic E-state index is 12.2. The largest absolute Gasteiger partial charge is 0.485 e. The van der Waals surface area contributed by atoms with Crippen molar-refractivity contribution in [3.05, 3.63) is 69.3 Å². The first-order chi connectivity index (χ1) is 11.5. The average molecular weight is 326 g/mol. The summed E-state index contributed by atoms with van der Waals surface area (Å²) >= 11 is 0. The summed E-state index contributed by atoms with van der Waals surface area (Å²) in [6.45, 7) is 1.80. The fraction of sp³-hybridized carbons (Fsp3) is 0.176. The fourth-order valence-corrected chi connectivity index (χ4v) is 2.58. The van der Waals surface area contributed by atoms with Crippen LogP contribution in [0, 0.1) is 17.0 Å². The highest BCUT2D eigenvalue weighted by atomic mass is 16.6. The van der Waals surface area contributed by atoms with Gasteiger partial charge in [0.25, 0.3) is 11.8 Å². The van der Waals surface area contributed by atoms with Crippen LogP contribution in [0.5, 0.6) is 5.75 Å². The lowest BCUT2D eigenvalue weighted by atomic mass is 10.1. The Morgan fingerprint density at radius 1 is 1.08 bits per heavy atom. The van der Waals surface area contributed by atoms with Crippen LogP contribution in [0.2, 0.25) is 0 Å². The predicted octanol–water partition coefficient (Wildman–Crippen LogP) is 2.58. The van der Waals surface area contributed by atoms with E-state index in [2.05, 4.69) is 0 Å². The van der Waals surface area contributed by atoms with Crippen molar-refractivity contribution in [3.63, 3.8) is 0 Å². The number of nitro groups is 1. The molecule has 0 saturated heterocycles. The van der Waals surface area contributed by atoms with Gasteiger partial charge in [0.15, 0.2) is 5.75 Å². The van der Waals surface area contributed by atoms with Gasteiger partial charge >= 0.3 is 5.69 Å². The Labute approximate surface area is 137 Å². The topological polar surface area (TPSA) is 89.8 Å². The minimum Gasteiger partial charge on any atom is -0.485 e. The Morgan fingerprint density at radius 2 is 1.71 bits per heavy atom. The SMILES string of the molecule is Cc1ccc([N+](=O)[O-])c(OCCN2C(=O)c3ccccc3C2=O)c1. The summed E-state index contributed by atoms with van der Waals surface area (Å²) in [5.41, 5.74) is 1.40. The molecule has 7 nitrogen and oxygen atoms in total. The summed E-state index contributed by atoms with van der Waals surface area (Å²) in [5, 5.41) is 11.0. The molecular formula is C17H14N2O5. The van der Waals surface area contributed by atoms with Crippen LogP contribution < -0.4 is 4.74 Å². The van der Waals surface area contributed by atoms with Crippen molar-refractivity contribution in [2.45, 2.75) is 6.92 Å². The average Bonchev–Trinajstić information content (AvgIpc) is 2.80. The molecule has 0 N–H and O–H groups in total. The van der Waals surface area contributed by atoms with E-state index in [4.69, 9.17) is 4.74 Å². The lowest BCUT2D eigenvalue weighted by molar-refractivity contribution is -0.385. The van der Waals surface area contributed by atoms with E-state index >= 15 is 0 Å². The summed E-state index contributed by atoms with van der Waals surface area (Å²) in [6.07, 6.45) is 0. The third-order valence-corrected chi connectivity index (χ3v) is 3.76. The number of imide groups is 1. The van der Waals surface area contributed by atoms with E-state index in [-0.39, 0.29) is 36.4 Å². The smallest absolute Gasteiger partial charge is 0.310 e. The molecule has 1 aliphatic heterocycles. The molecule has 2 aromatic carbocycles. The molecule has 0 bridgehead atoms. The summed E-state index contributed by atoms with van der Waals surface area (Å²) in [5.74, 6) is -0.632. The highest BCUT2D eigenvalue weighted by Crippen LogP contribution is 2.28. The Balaban J connectivity index is 1.70. The van der Waals surface area contributed by atoms with Gasteiger partial charge in [-0.15, -0.1) is 0 Å². The van der Waals surface area contributed by atoms with Gasteiger partial charge in [-0.25, -0.2) is 0 Å². The Hall–Kier alpha value is -3.22. The maximum atomic E-state index is 12.2. The number of aryl methyl sites for hydroxylation is 1. The van der Waals surface area contributed by atoms with E-state index in [1.165, 1.54) is 6.07 Å². The minimum atomic E-state index is -0.531. The number of benzene rings is 2. The van der Waals surface area contributed by atoms with Crippen molar-refractivity contribution >= 4 is 17.5 Å². The number of fused-ring (bicyclic) bond motifs is 1. The molecule has 2 aromatic rings. The van der Waals surface area contributed by atoms with E-state index < -0.39 is 4.92 Å². The van der Waals surface area contributed by atoms with Crippen molar-refractivity contribution < 1.29 is 19.2 Å². The summed E-state index contributed by atoms with van der Waals surface area (Å²) in [4.78, 5) is 36.0. The van der Waals surface area contributed by atoms with Gasteiger partial charge < -0.3 is 4.74 Å². The number of rotatable bonds is 5. The van der Waals surface area contributed by atoms with Gasteiger partial charge in [-0.3, -0.25) is 24.6 Å². The van der Waals surface area contributed by atoms with Crippen LogP contribution in [0.15, 0.2) is 42.5 Å². The van der Waals surface area contributed by atoms with Gasteiger partial charge in [-0.2, -0.15) is 0 Å². The van der Waals surface area contributed by atoms with Crippen molar-refractivity contribution in [1.82, 2.24) is 4.90 Å². The first kappa shape index (κ1) is 15.7. The number of hydrogen-bond donors (Lipinski definition) is 0. The summed E-state index contributed by atoms with van der Waals surface area (Å²) in [7, 11) is 0. The number of carbonyl (C=O) groups is 2. The maximum Gasteiger partial charge on any atom is 0.310 e. The van der Waals surface area contributed by atoms with Crippen molar-refractivity contribution in [1.29, 1.82) is 0 Å². The lowest BCUT2D eigenvalue weighted by Crippen LogP contribution is -2.33. The molecule has 0 fully saturated rings. The second-order valence-corrected chi connectivity index (χ2v) is 5.38. The number of nitrogens with zero attached hydrogens (tertiary/aromatic N) is 2. The Bertz CT molecular complexity index is 812. The number of hydrogen-bond acceptors (Lipinski definition) is 5. The normalized spacial score (nSPS) is 13.1. The molecule has 0 spiro atoms. The van der Waals surface area contributed by atoms with Gasteiger partial charge in [0.1, 0.15) is 6.61 Å². The number of nitro benzene ring substituents is 1. The Kier molecular flexibility index (Phi) is 3.99. The zero-order valence-corrected chi connectivity index (χ0v) is 12.9. The van der Waals surface area contributed by atoms with Gasteiger partial charge in [-0.05, 0) is 30.7 Å². The van der Waals surface area contributed by atoms with Crippen LogP contribution in [-0.2, 0) is 0 Å². The number of ether oxygens (including phenoxy) is 1. The zero-order valence-electron chi connectivity index (χ0n) is 12.9. The molecule has 2 amide bonds. The molecule has 122 valence electrons. The molecule has 1 heterocycles. The highest BCUT2D eigenvalue weighted by molar-refractivity contribution is 6.21. The third-order valence-electron chi connectivity index (χ3n) is 3.76. The fourth-order valence-electron chi connectivity index (χ4n) is 2.58. The summed E-state index contributed by atoms with van der Waals surface area (Å²) < 4.78 is 5.45. The van der Waals surface area contributed by atoms with Crippen molar-refractivity contribution in [2.75, 3.05) is 13.2 Å². The first-order valence-corrected chi connectivity index (χ1v) is 7.32. The van der Waals surface area contributed by atoms with E-state index in [0.717, 1.165) is 10.5 Å². The minimum absolute atomic E-state index is 0.0181. The predicted molar refractivity (Wildman–Crippen MR) is 85.1 cm³/mol. The second kappa shape index (κ2) is 6.11. The standard InChI is InChI=1S/C17H14N2O5/c1-11-6-7-14(19(22)23)15(10-11)24-9-8-18-16(20)12-4-2-3-5-13(12)17(18)21/h2-7,10H,8-9H2,1H3. The molecule has 7 heteroatoms. The van der Waals surface area contributed by atoms with Gasteiger partial charge in [0, 0.05) is 6.07 Å². The van der Waals surface area contributed by atoms with E-state index in [9.17, 15) is 19.7 Å². The first-order valence-electron chi connectivity index (χ1n) is 7.32. The molecule has 0 aromatic heterocycles. The van der Waals surface area contributed by atoms with Crippen molar-refractivity contribution in [3.8, 4) is 5.75 Å².